The molecule has 0 spiro atoms. The maximum atomic E-state index is 13.3. The molecule has 1 aromatic carbocycles. The number of pyridine rings is 1. The Labute approximate surface area is 117 Å². The molecule has 106 valence electrons. The predicted octanol–water partition coefficient (Wildman–Crippen LogP) is 2.28. The van der Waals surface area contributed by atoms with Crippen LogP contribution >= 0.6 is 0 Å². The van der Waals surface area contributed by atoms with Gasteiger partial charge in [-0.3, -0.25) is 11.3 Å². The quantitative estimate of drug-likeness (QED) is 0.649. The van der Waals surface area contributed by atoms with Crippen molar-refractivity contribution >= 4 is 0 Å². The number of aromatic nitrogens is 1. The molecule has 3 N–H and O–H groups in total. The fraction of sp³-hybridized carbons (Fsp3) is 0.267. The van der Waals surface area contributed by atoms with Crippen LogP contribution in [0.2, 0.25) is 0 Å². The Kier molecular flexibility index (Phi) is 4.65. The van der Waals surface area contributed by atoms with Crippen molar-refractivity contribution in [1.29, 1.82) is 0 Å². The van der Waals surface area contributed by atoms with Crippen molar-refractivity contribution in [1.82, 2.24) is 10.4 Å². The molecule has 0 aliphatic carbocycles. The third-order valence-electron chi connectivity index (χ3n) is 3.23. The maximum absolute atomic E-state index is 13.3. The van der Waals surface area contributed by atoms with Gasteiger partial charge >= 0.3 is 0 Å². The van der Waals surface area contributed by atoms with E-state index in [1.807, 2.05) is 6.07 Å². The summed E-state index contributed by atoms with van der Waals surface area (Å²) >= 11 is 0. The molecule has 1 unspecified atom stereocenters. The van der Waals surface area contributed by atoms with E-state index in [9.17, 15) is 4.39 Å². The SMILES string of the molecule is COc1ccc(CC(NN)c2ccc(F)c(C)c2)cn1. The molecule has 0 amide bonds. The van der Waals surface area contributed by atoms with Crippen molar-refractivity contribution in [2.75, 3.05) is 7.11 Å². The normalized spacial score (nSPS) is 12.2. The third kappa shape index (κ3) is 3.31. The zero-order valence-corrected chi connectivity index (χ0v) is 11.6. The zero-order chi connectivity index (χ0) is 14.5. The molecule has 4 nitrogen and oxygen atoms in total. The second-order valence-corrected chi connectivity index (χ2v) is 4.64. The summed E-state index contributed by atoms with van der Waals surface area (Å²) in [5, 5.41) is 0. The monoisotopic (exact) mass is 275 g/mol. The van der Waals surface area contributed by atoms with E-state index in [1.54, 1.807) is 38.4 Å². The average Bonchev–Trinajstić information content (AvgIpc) is 2.48. The van der Waals surface area contributed by atoms with Crippen molar-refractivity contribution in [2.24, 2.45) is 5.84 Å². The molecule has 0 saturated heterocycles. The number of nitrogens with zero attached hydrogens (tertiary/aromatic N) is 1. The van der Waals surface area contributed by atoms with E-state index >= 15 is 0 Å². The molecule has 0 radical (unpaired) electrons. The average molecular weight is 275 g/mol. The standard InChI is InChI=1S/C15H18FN3O/c1-10-7-12(4-5-13(10)16)14(19-17)8-11-3-6-15(20-2)18-9-11/h3-7,9,14,19H,8,17H2,1-2H3. The number of hydrogen-bond acceptors (Lipinski definition) is 4. The zero-order valence-electron chi connectivity index (χ0n) is 11.6. The molecular weight excluding hydrogens is 257 g/mol. The van der Waals surface area contributed by atoms with Gasteiger partial charge in [0.1, 0.15) is 5.82 Å². The van der Waals surface area contributed by atoms with Crippen LogP contribution in [0.4, 0.5) is 4.39 Å². The number of aryl methyl sites for hydroxylation is 1. The molecule has 1 atom stereocenters. The number of hydrogen-bond donors (Lipinski definition) is 2. The fourth-order valence-electron chi connectivity index (χ4n) is 2.05. The third-order valence-corrected chi connectivity index (χ3v) is 3.23. The van der Waals surface area contributed by atoms with Gasteiger partial charge in [0, 0.05) is 12.3 Å². The molecular formula is C15H18FN3O. The van der Waals surface area contributed by atoms with Crippen LogP contribution in [-0.4, -0.2) is 12.1 Å². The summed E-state index contributed by atoms with van der Waals surface area (Å²) in [6.45, 7) is 1.74. The van der Waals surface area contributed by atoms with Gasteiger partial charge in [-0.2, -0.15) is 0 Å². The molecule has 1 aromatic heterocycles. The van der Waals surface area contributed by atoms with Gasteiger partial charge in [0.15, 0.2) is 0 Å². The van der Waals surface area contributed by atoms with Crippen LogP contribution in [0.25, 0.3) is 0 Å². The van der Waals surface area contributed by atoms with Gasteiger partial charge in [0.25, 0.3) is 0 Å². The Morgan fingerprint density at radius 1 is 1.35 bits per heavy atom. The summed E-state index contributed by atoms with van der Waals surface area (Å²) in [6.07, 6.45) is 2.41. The molecule has 0 saturated carbocycles. The highest BCUT2D eigenvalue weighted by atomic mass is 19.1. The first-order chi connectivity index (χ1) is 9.63. The highest BCUT2D eigenvalue weighted by Gasteiger charge is 2.12. The molecule has 0 aliphatic heterocycles. The van der Waals surface area contributed by atoms with Crippen molar-refractivity contribution < 1.29 is 9.13 Å². The molecule has 0 aliphatic rings. The Morgan fingerprint density at radius 2 is 2.15 bits per heavy atom. The molecule has 0 fully saturated rings. The number of benzene rings is 1. The highest BCUT2D eigenvalue weighted by molar-refractivity contribution is 5.28. The van der Waals surface area contributed by atoms with Gasteiger partial charge < -0.3 is 4.74 Å². The minimum absolute atomic E-state index is 0.0931. The van der Waals surface area contributed by atoms with Gasteiger partial charge in [0.2, 0.25) is 5.88 Å². The minimum atomic E-state index is -0.212. The van der Waals surface area contributed by atoms with Gasteiger partial charge in [-0.1, -0.05) is 18.2 Å². The second kappa shape index (κ2) is 6.45. The first kappa shape index (κ1) is 14.4. The molecule has 20 heavy (non-hydrogen) atoms. The van der Waals surface area contributed by atoms with Crippen molar-refractivity contribution in [3.8, 4) is 5.88 Å². The molecule has 2 aromatic rings. The lowest BCUT2D eigenvalue weighted by molar-refractivity contribution is 0.397. The van der Waals surface area contributed by atoms with Crippen LogP contribution in [0, 0.1) is 12.7 Å². The lowest BCUT2D eigenvalue weighted by Gasteiger charge is -2.17. The molecule has 5 heteroatoms. The number of halogens is 1. The number of nitrogens with one attached hydrogen (secondary N) is 1. The molecule has 1 heterocycles. The molecule has 0 bridgehead atoms. The number of ether oxygens (including phenoxy) is 1. The predicted molar refractivity (Wildman–Crippen MR) is 75.7 cm³/mol. The Bertz CT molecular complexity index is 572. The Morgan fingerprint density at radius 3 is 2.70 bits per heavy atom. The van der Waals surface area contributed by atoms with Crippen molar-refractivity contribution in [3.05, 3.63) is 59.0 Å². The largest absolute Gasteiger partial charge is 0.481 e. The summed E-state index contributed by atoms with van der Waals surface area (Å²) < 4.78 is 18.3. The number of methoxy groups -OCH3 is 1. The Hall–Kier alpha value is -1.98. The number of hydrazine groups is 1. The van der Waals surface area contributed by atoms with E-state index in [0.717, 1.165) is 11.1 Å². The second-order valence-electron chi connectivity index (χ2n) is 4.64. The van der Waals surface area contributed by atoms with Crippen molar-refractivity contribution in [2.45, 2.75) is 19.4 Å². The Balaban J connectivity index is 2.16. The topological polar surface area (TPSA) is 60.2 Å². The van der Waals surface area contributed by atoms with E-state index in [-0.39, 0.29) is 11.9 Å². The van der Waals surface area contributed by atoms with E-state index in [1.165, 1.54) is 6.07 Å². The smallest absolute Gasteiger partial charge is 0.212 e. The summed E-state index contributed by atoms with van der Waals surface area (Å²) in [6, 6.07) is 8.65. The van der Waals surface area contributed by atoms with Crippen LogP contribution in [0.5, 0.6) is 5.88 Å². The van der Waals surface area contributed by atoms with Crippen molar-refractivity contribution in [3.63, 3.8) is 0 Å². The first-order valence-electron chi connectivity index (χ1n) is 6.35. The van der Waals surface area contributed by atoms with Crippen LogP contribution in [0.3, 0.4) is 0 Å². The minimum Gasteiger partial charge on any atom is -0.481 e. The van der Waals surface area contributed by atoms with Gasteiger partial charge in [0.05, 0.1) is 13.2 Å². The van der Waals surface area contributed by atoms with Crippen LogP contribution < -0.4 is 16.0 Å². The summed E-state index contributed by atoms with van der Waals surface area (Å²) in [5.41, 5.74) is 5.34. The van der Waals surface area contributed by atoms with Gasteiger partial charge in [-0.25, -0.2) is 9.37 Å². The summed E-state index contributed by atoms with van der Waals surface area (Å²) in [7, 11) is 1.58. The fourth-order valence-corrected chi connectivity index (χ4v) is 2.05. The lowest BCUT2D eigenvalue weighted by atomic mass is 9.99. The number of nitrogens with two attached hydrogens (primary N) is 1. The van der Waals surface area contributed by atoms with E-state index in [4.69, 9.17) is 10.6 Å². The van der Waals surface area contributed by atoms with E-state index in [0.29, 0.717) is 17.9 Å². The highest BCUT2D eigenvalue weighted by Crippen LogP contribution is 2.20. The van der Waals surface area contributed by atoms with Crippen LogP contribution in [0.1, 0.15) is 22.7 Å². The van der Waals surface area contributed by atoms with Gasteiger partial charge in [-0.05, 0) is 36.1 Å². The maximum Gasteiger partial charge on any atom is 0.212 e. The first-order valence-corrected chi connectivity index (χ1v) is 6.35. The molecule has 2 rings (SSSR count). The summed E-state index contributed by atoms with van der Waals surface area (Å²) in [4.78, 5) is 4.16. The van der Waals surface area contributed by atoms with Crippen LogP contribution in [-0.2, 0) is 6.42 Å². The van der Waals surface area contributed by atoms with E-state index < -0.39 is 0 Å². The van der Waals surface area contributed by atoms with E-state index in [2.05, 4.69) is 10.4 Å². The number of rotatable bonds is 5. The lowest BCUT2D eigenvalue weighted by Crippen LogP contribution is -2.29. The van der Waals surface area contributed by atoms with Gasteiger partial charge in [-0.15, -0.1) is 0 Å². The summed E-state index contributed by atoms with van der Waals surface area (Å²) in [5.74, 6) is 5.97. The van der Waals surface area contributed by atoms with Crippen LogP contribution in [0.15, 0.2) is 36.5 Å².